The molecule has 0 saturated carbocycles. The van der Waals surface area contributed by atoms with Crippen LogP contribution >= 0.6 is 22.7 Å². The van der Waals surface area contributed by atoms with Gasteiger partial charge in [0.2, 0.25) is 0 Å². The molecule has 0 spiro atoms. The van der Waals surface area contributed by atoms with E-state index in [1.54, 1.807) is 23.6 Å². The maximum atomic E-state index is 13.9. The van der Waals surface area contributed by atoms with E-state index >= 15 is 0 Å². The normalized spacial score (nSPS) is 18.0. The lowest BCUT2D eigenvalue weighted by Crippen LogP contribution is -2.41. The summed E-state index contributed by atoms with van der Waals surface area (Å²) in [5.41, 5.74) is 2.95. The molecule has 0 fully saturated rings. The number of carbonyl (C=O) groups is 2. The summed E-state index contributed by atoms with van der Waals surface area (Å²) in [6.45, 7) is 1.78. The quantitative estimate of drug-likeness (QED) is 0.454. The monoisotopic (exact) mass is 498 g/mol. The molecule has 0 radical (unpaired) electrons. The van der Waals surface area contributed by atoms with Gasteiger partial charge in [-0.1, -0.05) is 53.8 Å². The molecular formula is C26H18N4O3S2. The van der Waals surface area contributed by atoms with Crippen molar-refractivity contribution in [1.29, 1.82) is 0 Å². The molecule has 6 rings (SSSR count). The number of hydrogen-bond acceptors (Lipinski definition) is 6. The van der Waals surface area contributed by atoms with Crippen molar-refractivity contribution >= 4 is 51.4 Å². The number of thiazole rings is 1. The van der Waals surface area contributed by atoms with Gasteiger partial charge in [0.15, 0.2) is 4.80 Å². The van der Waals surface area contributed by atoms with Crippen LogP contribution in [0.2, 0.25) is 0 Å². The van der Waals surface area contributed by atoms with E-state index in [1.807, 2.05) is 60.0 Å². The Morgan fingerprint density at radius 3 is 2.57 bits per heavy atom. The van der Waals surface area contributed by atoms with Crippen LogP contribution in [0.25, 0.3) is 5.57 Å². The number of allylic oxidation sites excluding steroid dienone is 1. The number of thiophene rings is 1. The molecule has 4 heterocycles. The Balaban J connectivity index is 1.57. The lowest BCUT2D eigenvalue weighted by Gasteiger charge is -2.24. The number of nitrogens with one attached hydrogen (secondary N) is 2. The number of nitrogens with zero attached hydrogens (tertiary/aromatic N) is 2. The lowest BCUT2D eigenvalue weighted by atomic mass is 10.0. The summed E-state index contributed by atoms with van der Waals surface area (Å²) in [6, 6.07) is 19.6. The Morgan fingerprint density at radius 1 is 1.03 bits per heavy atom. The molecule has 2 amide bonds. The van der Waals surface area contributed by atoms with Crippen molar-refractivity contribution in [3.05, 3.63) is 114 Å². The molecule has 1 atom stereocenters. The second kappa shape index (κ2) is 8.30. The van der Waals surface area contributed by atoms with Crippen molar-refractivity contribution in [3.63, 3.8) is 0 Å². The largest absolute Gasteiger partial charge is 0.322 e. The summed E-state index contributed by atoms with van der Waals surface area (Å²) in [7, 11) is 0. The van der Waals surface area contributed by atoms with Crippen molar-refractivity contribution < 1.29 is 9.59 Å². The third-order valence-electron chi connectivity index (χ3n) is 5.98. The average molecular weight is 499 g/mol. The molecule has 0 saturated heterocycles. The van der Waals surface area contributed by atoms with Gasteiger partial charge in [-0.25, -0.2) is 4.99 Å². The van der Waals surface area contributed by atoms with Crippen LogP contribution in [0.1, 0.15) is 23.4 Å². The SMILES string of the molecule is CC1=C(C(=O)Nc2ccccc2)C(c2cccs2)n2c(s/c(=C3/C(=O)Nc4ccccc43)c2=O)=N1. The van der Waals surface area contributed by atoms with Crippen LogP contribution < -0.4 is 25.5 Å². The summed E-state index contributed by atoms with van der Waals surface area (Å²) in [6.07, 6.45) is 0. The molecule has 2 aromatic carbocycles. The van der Waals surface area contributed by atoms with Crippen LogP contribution in [0, 0.1) is 0 Å². The van der Waals surface area contributed by atoms with Gasteiger partial charge < -0.3 is 10.6 Å². The Labute approximate surface area is 207 Å². The van der Waals surface area contributed by atoms with Crippen molar-refractivity contribution in [2.24, 2.45) is 4.99 Å². The standard InChI is InChI=1S/C26H18N4O3S2/c1-14-19(23(31)28-15-8-3-2-4-9-15)21(18-12-7-13-34-18)30-25(33)22(35-26(30)27-14)20-16-10-5-6-11-17(16)29-24(20)32/h2-13,21H,1H3,(H,28,31)(H,29,32)/b22-20+. The molecule has 2 aliphatic heterocycles. The second-order valence-corrected chi connectivity index (χ2v) is 10.1. The highest BCUT2D eigenvalue weighted by atomic mass is 32.1. The molecule has 2 aromatic heterocycles. The van der Waals surface area contributed by atoms with Gasteiger partial charge >= 0.3 is 0 Å². The smallest absolute Gasteiger partial charge is 0.272 e. The van der Waals surface area contributed by atoms with Gasteiger partial charge in [-0.2, -0.15) is 0 Å². The molecule has 2 N–H and O–H groups in total. The topological polar surface area (TPSA) is 92.6 Å². The Bertz CT molecular complexity index is 1710. The summed E-state index contributed by atoms with van der Waals surface area (Å²) in [5.74, 6) is -0.639. The summed E-state index contributed by atoms with van der Waals surface area (Å²) in [4.78, 5) is 46.1. The van der Waals surface area contributed by atoms with Crippen LogP contribution in [-0.4, -0.2) is 16.4 Å². The highest BCUT2D eigenvalue weighted by molar-refractivity contribution is 7.10. The maximum absolute atomic E-state index is 13.9. The van der Waals surface area contributed by atoms with E-state index in [0.29, 0.717) is 43.1 Å². The third kappa shape index (κ3) is 3.48. The number of anilines is 2. The highest BCUT2D eigenvalue weighted by Crippen LogP contribution is 2.34. The number of para-hydroxylation sites is 2. The number of fused-ring (bicyclic) bond motifs is 2. The highest BCUT2D eigenvalue weighted by Gasteiger charge is 2.34. The van der Waals surface area contributed by atoms with Crippen LogP contribution in [0.5, 0.6) is 0 Å². The summed E-state index contributed by atoms with van der Waals surface area (Å²) < 4.78 is 1.85. The van der Waals surface area contributed by atoms with Gasteiger partial charge in [-0.3, -0.25) is 19.0 Å². The minimum atomic E-state index is -0.649. The molecule has 35 heavy (non-hydrogen) atoms. The molecule has 9 heteroatoms. The van der Waals surface area contributed by atoms with E-state index in [0.717, 1.165) is 4.88 Å². The number of rotatable bonds is 3. The number of benzene rings is 2. The van der Waals surface area contributed by atoms with Crippen molar-refractivity contribution in [1.82, 2.24) is 4.57 Å². The molecule has 172 valence electrons. The Morgan fingerprint density at radius 2 is 1.80 bits per heavy atom. The van der Waals surface area contributed by atoms with Crippen LogP contribution in [0.4, 0.5) is 11.4 Å². The maximum Gasteiger partial charge on any atom is 0.272 e. The summed E-state index contributed by atoms with van der Waals surface area (Å²) >= 11 is 2.64. The van der Waals surface area contributed by atoms with Crippen molar-refractivity contribution in [2.45, 2.75) is 13.0 Å². The lowest BCUT2D eigenvalue weighted by molar-refractivity contribution is -0.113. The molecular weight excluding hydrogens is 480 g/mol. The van der Waals surface area contributed by atoms with Gasteiger partial charge in [-0.05, 0) is 36.6 Å². The fourth-order valence-corrected chi connectivity index (χ4v) is 6.41. The van der Waals surface area contributed by atoms with Gasteiger partial charge in [0.1, 0.15) is 10.6 Å². The van der Waals surface area contributed by atoms with E-state index in [2.05, 4.69) is 15.6 Å². The van der Waals surface area contributed by atoms with Gasteiger partial charge in [0.05, 0.1) is 16.8 Å². The van der Waals surface area contributed by atoms with Crippen LogP contribution in [-0.2, 0) is 9.59 Å². The molecule has 0 bridgehead atoms. The Kier molecular flexibility index (Phi) is 5.09. The molecule has 4 aromatic rings. The van der Waals surface area contributed by atoms with E-state index in [1.165, 1.54) is 22.7 Å². The first-order valence-corrected chi connectivity index (χ1v) is 12.6. The van der Waals surface area contributed by atoms with Crippen LogP contribution in [0.15, 0.2) is 93.2 Å². The predicted molar refractivity (Wildman–Crippen MR) is 137 cm³/mol. The third-order valence-corrected chi connectivity index (χ3v) is 7.96. The zero-order valence-corrected chi connectivity index (χ0v) is 20.1. The number of aromatic nitrogens is 1. The number of amides is 2. The fourth-order valence-electron chi connectivity index (χ4n) is 4.44. The summed E-state index contributed by atoms with van der Waals surface area (Å²) in [5, 5.41) is 7.68. The molecule has 7 nitrogen and oxygen atoms in total. The van der Waals surface area contributed by atoms with Crippen molar-refractivity contribution in [3.8, 4) is 0 Å². The van der Waals surface area contributed by atoms with Gasteiger partial charge in [-0.15, -0.1) is 11.3 Å². The first-order valence-electron chi connectivity index (χ1n) is 10.9. The van der Waals surface area contributed by atoms with E-state index in [9.17, 15) is 14.4 Å². The fraction of sp³-hybridized carbons (Fsp3) is 0.0769. The van der Waals surface area contributed by atoms with E-state index in [4.69, 9.17) is 0 Å². The van der Waals surface area contributed by atoms with Crippen molar-refractivity contribution in [2.75, 3.05) is 10.6 Å². The Hall–Kier alpha value is -4.08. The minimum Gasteiger partial charge on any atom is -0.322 e. The minimum absolute atomic E-state index is 0.310. The molecule has 2 aliphatic rings. The zero-order chi connectivity index (χ0) is 24.1. The first kappa shape index (κ1) is 21.5. The zero-order valence-electron chi connectivity index (χ0n) is 18.4. The van der Waals surface area contributed by atoms with Gasteiger partial charge in [0, 0.05) is 21.8 Å². The predicted octanol–water partition coefficient (Wildman–Crippen LogP) is 3.26. The van der Waals surface area contributed by atoms with E-state index < -0.39 is 6.04 Å². The van der Waals surface area contributed by atoms with Crippen LogP contribution in [0.3, 0.4) is 0 Å². The second-order valence-electron chi connectivity index (χ2n) is 8.11. The van der Waals surface area contributed by atoms with Gasteiger partial charge in [0.25, 0.3) is 17.4 Å². The number of carbonyl (C=O) groups excluding carboxylic acids is 2. The first-order chi connectivity index (χ1) is 17.0. The average Bonchev–Trinajstić information content (AvgIpc) is 3.56. The molecule has 0 aliphatic carbocycles. The number of hydrogen-bond donors (Lipinski definition) is 2. The van der Waals surface area contributed by atoms with E-state index in [-0.39, 0.29) is 17.4 Å². The molecule has 1 unspecified atom stereocenters.